The molecule has 28 heavy (non-hydrogen) atoms. The van der Waals surface area contributed by atoms with E-state index in [1.54, 1.807) is 12.6 Å². The summed E-state index contributed by atoms with van der Waals surface area (Å²) >= 11 is 0. The summed E-state index contributed by atoms with van der Waals surface area (Å²) in [5.41, 5.74) is 5.83. The highest BCUT2D eigenvalue weighted by Crippen LogP contribution is 2.34. The quantitative estimate of drug-likeness (QED) is 0.574. The van der Waals surface area contributed by atoms with Crippen LogP contribution in [-0.2, 0) is 13.0 Å². The molecule has 1 aliphatic rings. The lowest BCUT2D eigenvalue weighted by Gasteiger charge is -2.34. The molecule has 0 bridgehead atoms. The van der Waals surface area contributed by atoms with Gasteiger partial charge in [-0.15, -0.1) is 0 Å². The van der Waals surface area contributed by atoms with E-state index in [0.717, 1.165) is 52.1 Å². The van der Waals surface area contributed by atoms with E-state index in [4.69, 9.17) is 4.42 Å². The molecule has 0 spiro atoms. The van der Waals surface area contributed by atoms with Gasteiger partial charge in [-0.1, -0.05) is 11.6 Å². The number of aromatic nitrogens is 3. The number of fused-ring (bicyclic) bond motifs is 2. The number of hydrogen-bond donors (Lipinski definition) is 2. The Morgan fingerprint density at radius 2 is 2.18 bits per heavy atom. The van der Waals surface area contributed by atoms with Crippen LogP contribution in [0.4, 0.5) is 0 Å². The molecule has 3 aromatic heterocycles. The molecule has 0 aliphatic carbocycles. The maximum absolute atomic E-state index is 13.1. The van der Waals surface area contributed by atoms with Gasteiger partial charge in [-0.05, 0) is 49.1 Å². The Morgan fingerprint density at radius 1 is 1.29 bits per heavy atom. The molecule has 0 saturated carbocycles. The van der Waals surface area contributed by atoms with Crippen LogP contribution in [0.15, 0.2) is 52.1 Å². The number of rotatable bonds is 3. The van der Waals surface area contributed by atoms with Gasteiger partial charge in [-0.3, -0.25) is 9.69 Å². The van der Waals surface area contributed by atoms with E-state index in [-0.39, 0.29) is 11.6 Å². The van der Waals surface area contributed by atoms with Gasteiger partial charge >= 0.3 is 0 Å². The molecule has 1 aliphatic heterocycles. The molecule has 142 valence electrons. The summed E-state index contributed by atoms with van der Waals surface area (Å²) < 4.78 is 5.57. The van der Waals surface area contributed by atoms with Crippen molar-refractivity contribution in [3.8, 4) is 0 Å². The minimum Gasteiger partial charge on any atom is -0.468 e. The van der Waals surface area contributed by atoms with Gasteiger partial charge in [0.2, 0.25) is 0 Å². The Balaban J connectivity index is 1.68. The lowest BCUT2D eigenvalue weighted by molar-refractivity contribution is 0.184. The first-order valence-corrected chi connectivity index (χ1v) is 9.53. The summed E-state index contributed by atoms with van der Waals surface area (Å²) in [4.78, 5) is 26.3. The zero-order valence-electron chi connectivity index (χ0n) is 16.0. The van der Waals surface area contributed by atoms with Crippen LogP contribution < -0.4 is 5.56 Å². The third-order valence-corrected chi connectivity index (χ3v) is 5.58. The maximum Gasteiger partial charge on any atom is 0.253 e. The van der Waals surface area contributed by atoms with Crippen LogP contribution in [0.2, 0.25) is 0 Å². The lowest BCUT2D eigenvalue weighted by Crippen LogP contribution is -2.38. The molecule has 0 amide bonds. The molecule has 5 rings (SSSR count). The summed E-state index contributed by atoms with van der Waals surface area (Å²) in [5.74, 6) is 0.882. The van der Waals surface area contributed by atoms with E-state index in [0.29, 0.717) is 6.54 Å². The highest BCUT2D eigenvalue weighted by molar-refractivity contribution is 5.83. The summed E-state index contributed by atoms with van der Waals surface area (Å²) in [5, 5.41) is 1.05. The molecule has 1 aromatic carbocycles. The second-order valence-electron chi connectivity index (χ2n) is 7.57. The molecule has 0 radical (unpaired) electrons. The second-order valence-corrected chi connectivity index (χ2v) is 7.57. The van der Waals surface area contributed by atoms with E-state index >= 15 is 0 Å². The maximum atomic E-state index is 13.1. The largest absolute Gasteiger partial charge is 0.468 e. The van der Waals surface area contributed by atoms with Gasteiger partial charge in [0.15, 0.2) is 0 Å². The Hall–Kier alpha value is -3.12. The number of nitrogens with zero attached hydrogens (tertiary/aromatic N) is 2. The van der Waals surface area contributed by atoms with Crippen molar-refractivity contribution in [1.29, 1.82) is 0 Å². The molecule has 0 saturated heterocycles. The van der Waals surface area contributed by atoms with E-state index in [1.807, 2.05) is 25.1 Å². The minimum absolute atomic E-state index is 0.0650. The lowest BCUT2D eigenvalue weighted by atomic mass is 9.94. The topological polar surface area (TPSA) is 77.9 Å². The predicted octanol–water partition coefficient (Wildman–Crippen LogP) is 3.61. The van der Waals surface area contributed by atoms with Crippen LogP contribution in [0.5, 0.6) is 0 Å². The number of benzene rings is 1. The van der Waals surface area contributed by atoms with Crippen LogP contribution in [0.1, 0.15) is 39.9 Å². The van der Waals surface area contributed by atoms with Crippen LogP contribution in [0.25, 0.3) is 10.9 Å². The van der Waals surface area contributed by atoms with Gasteiger partial charge < -0.3 is 14.4 Å². The van der Waals surface area contributed by atoms with Crippen molar-refractivity contribution in [1.82, 2.24) is 19.9 Å². The van der Waals surface area contributed by atoms with Crippen molar-refractivity contribution in [2.45, 2.75) is 32.9 Å². The smallest absolute Gasteiger partial charge is 0.253 e. The number of pyridine rings is 1. The van der Waals surface area contributed by atoms with Crippen molar-refractivity contribution in [3.05, 3.63) is 87.1 Å². The number of aromatic amines is 2. The minimum atomic E-state index is -0.214. The van der Waals surface area contributed by atoms with Gasteiger partial charge in [0.1, 0.15) is 5.76 Å². The number of nitrogens with one attached hydrogen (secondary N) is 2. The Bertz CT molecular complexity index is 1200. The Kier molecular flexibility index (Phi) is 3.94. The zero-order valence-corrected chi connectivity index (χ0v) is 16.0. The second kappa shape index (κ2) is 6.49. The molecule has 6 heteroatoms. The number of H-pyrrole nitrogens is 2. The van der Waals surface area contributed by atoms with E-state index in [2.05, 4.69) is 38.9 Å². The first-order valence-electron chi connectivity index (χ1n) is 9.53. The van der Waals surface area contributed by atoms with Gasteiger partial charge in [-0.2, -0.15) is 0 Å². The highest BCUT2D eigenvalue weighted by Gasteiger charge is 2.33. The zero-order chi connectivity index (χ0) is 19.3. The van der Waals surface area contributed by atoms with Crippen LogP contribution in [0, 0.1) is 13.8 Å². The molecule has 2 N–H and O–H groups in total. The van der Waals surface area contributed by atoms with Crippen LogP contribution >= 0.6 is 0 Å². The van der Waals surface area contributed by atoms with Crippen molar-refractivity contribution in [2.75, 3.05) is 6.54 Å². The molecule has 4 heterocycles. The number of furan rings is 1. The van der Waals surface area contributed by atoms with E-state index in [9.17, 15) is 4.79 Å². The van der Waals surface area contributed by atoms with Crippen molar-refractivity contribution in [3.63, 3.8) is 0 Å². The summed E-state index contributed by atoms with van der Waals surface area (Å²) in [6.07, 6.45) is 4.27. The molecule has 0 unspecified atom stereocenters. The number of aryl methyl sites for hydroxylation is 2. The average molecular weight is 374 g/mol. The molecular weight excluding hydrogens is 352 g/mol. The van der Waals surface area contributed by atoms with Crippen molar-refractivity contribution < 1.29 is 4.42 Å². The Labute approximate surface area is 162 Å². The van der Waals surface area contributed by atoms with Crippen LogP contribution in [-0.4, -0.2) is 26.4 Å². The van der Waals surface area contributed by atoms with Gasteiger partial charge in [-0.25, -0.2) is 4.98 Å². The first kappa shape index (κ1) is 17.0. The van der Waals surface area contributed by atoms with Gasteiger partial charge in [0, 0.05) is 24.2 Å². The predicted molar refractivity (Wildman–Crippen MR) is 107 cm³/mol. The fourth-order valence-corrected chi connectivity index (χ4v) is 4.35. The normalized spacial score (nSPS) is 17.1. The van der Waals surface area contributed by atoms with Crippen molar-refractivity contribution >= 4 is 10.9 Å². The fourth-order valence-electron chi connectivity index (χ4n) is 4.35. The van der Waals surface area contributed by atoms with E-state index < -0.39 is 0 Å². The third-order valence-electron chi connectivity index (χ3n) is 5.58. The van der Waals surface area contributed by atoms with Gasteiger partial charge in [0.05, 0.1) is 36.4 Å². The SMILES string of the molecule is Cc1cc(C)c2[nH]c(=O)c([C@@H]3c4nc[nH]c4CCN3Cc3ccco3)cc2c1. The monoisotopic (exact) mass is 374 g/mol. The molecule has 4 aromatic rings. The van der Waals surface area contributed by atoms with Crippen LogP contribution in [0.3, 0.4) is 0 Å². The molecular formula is C22H22N4O2. The fraction of sp³-hybridized carbons (Fsp3) is 0.273. The standard InChI is InChI=1S/C22H22N4O2/c1-13-8-14(2)19-15(9-13)10-17(22(27)25-19)21-20-18(23-12-24-20)5-6-26(21)11-16-4-3-7-28-16/h3-4,7-10,12,21H,5-6,11H2,1-2H3,(H,23,24)(H,25,27)/t21-/m1/s1. The number of hydrogen-bond acceptors (Lipinski definition) is 4. The Morgan fingerprint density at radius 3 is 3.00 bits per heavy atom. The summed E-state index contributed by atoms with van der Waals surface area (Å²) in [6, 6.07) is 9.88. The van der Waals surface area contributed by atoms with E-state index in [1.165, 1.54) is 5.56 Å². The van der Waals surface area contributed by atoms with Gasteiger partial charge in [0.25, 0.3) is 5.56 Å². The molecule has 0 fully saturated rings. The first-order chi connectivity index (χ1) is 13.6. The average Bonchev–Trinajstić information content (AvgIpc) is 3.34. The summed E-state index contributed by atoms with van der Waals surface area (Å²) in [6.45, 7) is 5.56. The third kappa shape index (κ3) is 2.77. The van der Waals surface area contributed by atoms with Crippen molar-refractivity contribution in [2.24, 2.45) is 0 Å². The molecule has 1 atom stereocenters. The number of imidazole rings is 1. The highest BCUT2D eigenvalue weighted by atomic mass is 16.3. The molecule has 6 nitrogen and oxygen atoms in total. The summed E-state index contributed by atoms with van der Waals surface area (Å²) in [7, 11) is 0.